The largest absolute Gasteiger partial charge is 0.308 e. The van der Waals surface area contributed by atoms with E-state index in [0.717, 1.165) is 39.0 Å². The first-order valence-electron chi connectivity index (χ1n) is 4.92. The molecule has 1 aliphatic heterocycles. The van der Waals surface area contributed by atoms with Gasteiger partial charge in [-0.2, -0.15) is 4.91 Å². The van der Waals surface area contributed by atoms with Crippen LogP contribution in [0.25, 0.3) is 0 Å². The van der Waals surface area contributed by atoms with Crippen LogP contribution < -0.4 is 0 Å². The second-order valence-corrected chi connectivity index (χ2v) is 3.98. The van der Waals surface area contributed by atoms with Crippen LogP contribution in [0.15, 0.2) is 5.18 Å². The van der Waals surface area contributed by atoms with E-state index in [4.69, 9.17) is 0 Å². The molecule has 0 bridgehead atoms. The summed E-state index contributed by atoms with van der Waals surface area (Å²) in [4.78, 5) is 14.8. The standard InChI is InChI=1S/C9H19N3O/c1-11(2)7-8-12-5-3-9(10-13)4-6-12/h9H,3-8H2,1-2H3. The summed E-state index contributed by atoms with van der Waals surface area (Å²) in [6.45, 7) is 4.27. The monoisotopic (exact) mass is 185 g/mol. The Kier molecular flexibility index (Phi) is 4.32. The van der Waals surface area contributed by atoms with Gasteiger partial charge in [0.25, 0.3) is 0 Å². The van der Waals surface area contributed by atoms with Gasteiger partial charge < -0.3 is 9.80 Å². The van der Waals surface area contributed by atoms with E-state index in [1.165, 1.54) is 0 Å². The Morgan fingerprint density at radius 3 is 2.46 bits per heavy atom. The molecule has 0 saturated carbocycles. The van der Waals surface area contributed by atoms with Crippen molar-refractivity contribution in [1.29, 1.82) is 0 Å². The van der Waals surface area contributed by atoms with Crippen LogP contribution in [0.3, 0.4) is 0 Å². The van der Waals surface area contributed by atoms with Gasteiger partial charge in [0, 0.05) is 26.2 Å². The lowest BCUT2D eigenvalue weighted by Crippen LogP contribution is -2.39. The number of hydrogen-bond acceptors (Lipinski definition) is 4. The molecule has 1 heterocycles. The number of likely N-dealkylation sites (N-methyl/N-ethyl adjacent to an activating group) is 1. The van der Waals surface area contributed by atoms with Gasteiger partial charge in [-0.15, -0.1) is 0 Å². The van der Waals surface area contributed by atoms with Crippen molar-refractivity contribution in [1.82, 2.24) is 9.80 Å². The summed E-state index contributed by atoms with van der Waals surface area (Å²) in [6.07, 6.45) is 1.88. The summed E-state index contributed by atoms with van der Waals surface area (Å²) in [5.74, 6) is 0. The molecule has 1 aliphatic rings. The molecule has 4 nitrogen and oxygen atoms in total. The molecule has 0 spiro atoms. The summed E-state index contributed by atoms with van der Waals surface area (Å²) >= 11 is 0. The van der Waals surface area contributed by atoms with Crippen molar-refractivity contribution in [2.45, 2.75) is 18.9 Å². The van der Waals surface area contributed by atoms with E-state index in [2.05, 4.69) is 29.1 Å². The van der Waals surface area contributed by atoms with E-state index < -0.39 is 0 Å². The molecule has 1 rings (SSSR count). The Labute approximate surface area is 79.9 Å². The van der Waals surface area contributed by atoms with Crippen LogP contribution in [-0.4, -0.2) is 56.1 Å². The van der Waals surface area contributed by atoms with Gasteiger partial charge in [-0.3, -0.25) is 0 Å². The minimum atomic E-state index is 0.0793. The minimum absolute atomic E-state index is 0.0793. The van der Waals surface area contributed by atoms with Crippen molar-refractivity contribution in [2.24, 2.45) is 5.18 Å². The highest BCUT2D eigenvalue weighted by Crippen LogP contribution is 2.12. The van der Waals surface area contributed by atoms with Gasteiger partial charge in [0.05, 0.1) is 6.04 Å². The lowest BCUT2D eigenvalue weighted by molar-refractivity contribution is 0.195. The van der Waals surface area contributed by atoms with Gasteiger partial charge in [-0.1, -0.05) is 5.18 Å². The lowest BCUT2D eigenvalue weighted by Gasteiger charge is -2.29. The SMILES string of the molecule is CN(C)CCN1CCC(N=O)CC1. The maximum absolute atomic E-state index is 10.3. The quantitative estimate of drug-likeness (QED) is 0.607. The van der Waals surface area contributed by atoms with Crippen LogP contribution in [0.4, 0.5) is 0 Å². The fraction of sp³-hybridized carbons (Fsp3) is 1.00. The highest BCUT2D eigenvalue weighted by atomic mass is 16.3. The zero-order valence-electron chi connectivity index (χ0n) is 8.57. The number of piperidine rings is 1. The summed E-state index contributed by atoms with van der Waals surface area (Å²) < 4.78 is 0. The number of nitroso groups, excluding NO2 is 1. The summed E-state index contributed by atoms with van der Waals surface area (Å²) in [5, 5.41) is 3.09. The molecular formula is C9H19N3O. The predicted molar refractivity (Wildman–Crippen MR) is 53.8 cm³/mol. The van der Waals surface area contributed by atoms with Crippen LogP contribution in [0.2, 0.25) is 0 Å². The molecule has 1 saturated heterocycles. The molecular weight excluding hydrogens is 166 g/mol. The Morgan fingerprint density at radius 1 is 1.38 bits per heavy atom. The van der Waals surface area contributed by atoms with Crippen molar-refractivity contribution >= 4 is 0 Å². The lowest BCUT2D eigenvalue weighted by atomic mass is 10.1. The van der Waals surface area contributed by atoms with E-state index in [1.807, 2.05) is 0 Å². The van der Waals surface area contributed by atoms with Crippen molar-refractivity contribution in [3.63, 3.8) is 0 Å². The van der Waals surface area contributed by atoms with E-state index in [-0.39, 0.29) is 6.04 Å². The third-order valence-electron chi connectivity index (χ3n) is 2.57. The zero-order chi connectivity index (χ0) is 9.68. The van der Waals surface area contributed by atoms with Crippen molar-refractivity contribution in [3.8, 4) is 0 Å². The van der Waals surface area contributed by atoms with Crippen molar-refractivity contribution < 1.29 is 0 Å². The Hall–Kier alpha value is -0.480. The van der Waals surface area contributed by atoms with Gasteiger partial charge in [0.2, 0.25) is 0 Å². The molecule has 13 heavy (non-hydrogen) atoms. The van der Waals surface area contributed by atoms with Crippen LogP contribution in [0, 0.1) is 4.91 Å². The van der Waals surface area contributed by atoms with E-state index in [1.54, 1.807) is 0 Å². The highest BCUT2D eigenvalue weighted by Gasteiger charge is 2.18. The fourth-order valence-electron chi connectivity index (χ4n) is 1.59. The average Bonchev–Trinajstić information content (AvgIpc) is 2.15. The Bertz CT molecular complexity index is 153. The predicted octanol–water partition coefficient (Wildman–Crippen LogP) is 0.779. The molecule has 0 aromatic rings. The molecule has 0 aromatic heterocycles. The third-order valence-corrected chi connectivity index (χ3v) is 2.57. The molecule has 0 atom stereocenters. The molecule has 76 valence electrons. The first-order valence-corrected chi connectivity index (χ1v) is 4.92. The van der Waals surface area contributed by atoms with Crippen LogP contribution in [0.1, 0.15) is 12.8 Å². The number of nitrogens with zero attached hydrogens (tertiary/aromatic N) is 3. The van der Waals surface area contributed by atoms with Crippen LogP contribution in [-0.2, 0) is 0 Å². The summed E-state index contributed by atoms with van der Waals surface area (Å²) in [7, 11) is 4.17. The van der Waals surface area contributed by atoms with Crippen LogP contribution in [0.5, 0.6) is 0 Å². The van der Waals surface area contributed by atoms with Gasteiger partial charge in [0.1, 0.15) is 0 Å². The second-order valence-electron chi connectivity index (χ2n) is 3.98. The highest BCUT2D eigenvalue weighted by molar-refractivity contribution is 4.76. The molecule has 0 N–H and O–H groups in total. The molecule has 0 amide bonds. The molecule has 0 aliphatic carbocycles. The van der Waals surface area contributed by atoms with Gasteiger partial charge in [0.15, 0.2) is 0 Å². The Balaban J connectivity index is 2.14. The maximum Gasteiger partial charge on any atom is 0.0944 e. The second kappa shape index (κ2) is 5.29. The maximum atomic E-state index is 10.3. The summed E-state index contributed by atoms with van der Waals surface area (Å²) in [5.41, 5.74) is 0. The fourth-order valence-corrected chi connectivity index (χ4v) is 1.59. The molecule has 0 unspecified atom stereocenters. The third kappa shape index (κ3) is 3.83. The smallest absolute Gasteiger partial charge is 0.0944 e. The van der Waals surface area contributed by atoms with Crippen molar-refractivity contribution in [2.75, 3.05) is 40.3 Å². The molecule has 0 aromatic carbocycles. The summed E-state index contributed by atoms with van der Waals surface area (Å²) in [6, 6.07) is 0.0793. The first-order chi connectivity index (χ1) is 6.22. The topological polar surface area (TPSA) is 35.9 Å². The van der Waals surface area contributed by atoms with E-state index in [9.17, 15) is 4.91 Å². The molecule has 0 radical (unpaired) electrons. The van der Waals surface area contributed by atoms with E-state index in [0.29, 0.717) is 0 Å². The number of likely N-dealkylation sites (tertiary alicyclic amines) is 1. The van der Waals surface area contributed by atoms with Gasteiger partial charge >= 0.3 is 0 Å². The van der Waals surface area contributed by atoms with Crippen LogP contribution >= 0.6 is 0 Å². The average molecular weight is 185 g/mol. The number of rotatable bonds is 4. The van der Waals surface area contributed by atoms with Gasteiger partial charge in [-0.05, 0) is 26.9 Å². The number of hydrogen-bond donors (Lipinski definition) is 0. The molecule has 1 fully saturated rings. The minimum Gasteiger partial charge on any atom is -0.308 e. The normalized spacial score (nSPS) is 20.8. The van der Waals surface area contributed by atoms with E-state index >= 15 is 0 Å². The van der Waals surface area contributed by atoms with Crippen molar-refractivity contribution in [3.05, 3.63) is 4.91 Å². The zero-order valence-corrected chi connectivity index (χ0v) is 8.57. The van der Waals surface area contributed by atoms with Gasteiger partial charge in [-0.25, -0.2) is 0 Å². The molecule has 4 heteroatoms. The first kappa shape index (κ1) is 10.6. The Morgan fingerprint density at radius 2 is 2.00 bits per heavy atom.